The first-order valence-electron chi connectivity index (χ1n) is 11.6. The van der Waals surface area contributed by atoms with Crippen LogP contribution in [0.5, 0.6) is 11.5 Å². The average molecular weight is 467 g/mol. The largest absolute Gasteiger partial charge is 0.494 e. The fourth-order valence-corrected chi connectivity index (χ4v) is 3.30. The number of nitrogens with one attached hydrogen (secondary N) is 2. The van der Waals surface area contributed by atoms with E-state index in [0.717, 1.165) is 37.4 Å². The lowest BCUT2D eigenvalue weighted by Gasteiger charge is -2.12. The van der Waals surface area contributed by atoms with Crippen molar-refractivity contribution >= 4 is 5.96 Å². The van der Waals surface area contributed by atoms with E-state index in [0.29, 0.717) is 32.3 Å². The van der Waals surface area contributed by atoms with Crippen molar-refractivity contribution in [2.75, 3.05) is 54.5 Å². The van der Waals surface area contributed by atoms with E-state index < -0.39 is 0 Å². The minimum Gasteiger partial charge on any atom is -0.494 e. The van der Waals surface area contributed by atoms with Gasteiger partial charge in [0, 0.05) is 32.6 Å². The van der Waals surface area contributed by atoms with Crippen molar-refractivity contribution in [2.45, 2.75) is 25.9 Å². The van der Waals surface area contributed by atoms with Crippen LogP contribution in [-0.4, -0.2) is 70.3 Å². The Morgan fingerprint density at radius 2 is 1.44 bits per heavy atom. The van der Waals surface area contributed by atoms with Crippen molar-refractivity contribution in [1.29, 1.82) is 5.26 Å². The lowest BCUT2D eigenvalue weighted by molar-refractivity contribution is 0.310. The maximum atomic E-state index is 8.98. The zero-order valence-corrected chi connectivity index (χ0v) is 20.9. The predicted molar refractivity (Wildman–Crippen MR) is 137 cm³/mol. The normalized spacial score (nSPS) is 11.4. The van der Waals surface area contributed by atoms with E-state index in [4.69, 9.17) is 14.7 Å². The minimum atomic E-state index is 0.475. The van der Waals surface area contributed by atoms with Gasteiger partial charge in [0.05, 0.1) is 13.2 Å². The molecular formula is C26H38N6O2. The van der Waals surface area contributed by atoms with E-state index in [1.54, 1.807) is 0 Å². The van der Waals surface area contributed by atoms with E-state index in [9.17, 15) is 0 Å². The number of nitrogens with zero attached hydrogens (tertiary/aromatic N) is 4. The molecule has 8 heteroatoms. The van der Waals surface area contributed by atoms with E-state index >= 15 is 0 Å². The third-order valence-corrected chi connectivity index (χ3v) is 4.69. The number of ether oxygens (including phenoxy) is 2. The van der Waals surface area contributed by atoms with Crippen molar-refractivity contribution in [3.63, 3.8) is 0 Å². The van der Waals surface area contributed by atoms with Crippen molar-refractivity contribution in [3.05, 3.63) is 59.7 Å². The number of nitriles is 1. The molecule has 0 spiro atoms. The molecule has 0 aliphatic heterocycles. The van der Waals surface area contributed by atoms with Gasteiger partial charge in [0.15, 0.2) is 6.19 Å². The van der Waals surface area contributed by atoms with Gasteiger partial charge in [0.2, 0.25) is 5.96 Å². The molecule has 2 rings (SSSR count). The summed E-state index contributed by atoms with van der Waals surface area (Å²) in [4.78, 5) is 8.69. The number of aliphatic imine (C=N–C) groups is 1. The third kappa shape index (κ3) is 11.5. The molecular weight excluding hydrogens is 428 g/mol. The topological polar surface area (TPSA) is 85.1 Å². The van der Waals surface area contributed by atoms with Crippen LogP contribution in [0, 0.1) is 11.5 Å². The highest BCUT2D eigenvalue weighted by Gasteiger charge is 2.02. The highest BCUT2D eigenvalue weighted by Crippen LogP contribution is 2.15. The van der Waals surface area contributed by atoms with Crippen LogP contribution in [0.3, 0.4) is 0 Å². The SMILES string of the molecule is CN(C)Cc1cccc(OCCCN=C(NC#N)NCCCOc2cccc(CN(C)C)c2)c1. The Bertz CT molecular complexity index is 924. The van der Waals surface area contributed by atoms with Crippen LogP contribution in [0.4, 0.5) is 0 Å². The first kappa shape index (κ1) is 27.0. The highest BCUT2D eigenvalue weighted by molar-refractivity contribution is 5.81. The summed E-state index contributed by atoms with van der Waals surface area (Å²) >= 11 is 0. The smallest absolute Gasteiger partial charge is 0.204 e. The fourth-order valence-electron chi connectivity index (χ4n) is 3.30. The standard InChI is InChI=1S/C26H38N6O2/c1-31(2)19-22-9-5-11-24(17-22)33-15-7-13-28-26(30-21-27)29-14-8-16-34-25-12-6-10-23(18-25)20-32(3)4/h5-6,9-12,17-18H,7-8,13-16,19-20H2,1-4H3,(H2,28,29,30). The van der Waals surface area contributed by atoms with Gasteiger partial charge in [0.25, 0.3) is 0 Å². The molecule has 0 aromatic heterocycles. The van der Waals surface area contributed by atoms with Gasteiger partial charge in [-0.25, -0.2) is 0 Å². The summed E-state index contributed by atoms with van der Waals surface area (Å²) in [6.45, 7) is 4.12. The molecule has 0 saturated carbocycles. The van der Waals surface area contributed by atoms with Crippen molar-refractivity contribution in [1.82, 2.24) is 20.4 Å². The number of guanidine groups is 1. The number of benzene rings is 2. The second kappa shape index (κ2) is 15.5. The molecule has 0 unspecified atom stereocenters. The molecule has 0 aliphatic carbocycles. The van der Waals surface area contributed by atoms with Gasteiger partial charge in [-0.15, -0.1) is 0 Å². The first-order valence-corrected chi connectivity index (χ1v) is 11.6. The van der Waals surface area contributed by atoms with Crippen molar-refractivity contribution in [3.8, 4) is 17.7 Å². The molecule has 0 amide bonds. The maximum absolute atomic E-state index is 8.98. The molecule has 184 valence electrons. The van der Waals surface area contributed by atoms with Gasteiger partial charge < -0.3 is 24.6 Å². The summed E-state index contributed by atoms with van der Waals surface area (Å²) in [5.41, 5.74) is 2.44. The van der Waals surface area contributed by atoms with Crippen LogP contribution in [0.25, 0.3) is 0 Å². The van der Waals surface area contributed by atoms with Gasteiger partial charge in [-0.3, -0.25) is 10.3 Å². The summed E-state index contributed by atoms with van der Waals surface area (Å²) in [5.74, 6) is 2.21. The van der Waals surface area contributed by atoms with E-state index in [1.807, 2.05) is 58.6 Å². The summed E-state index contributed by atoms with van der Waals surface area (Å²) in [5, 5.41) is 14.7. The number of hydrogen-bond donors (Lipinski definition) is 2. The Balaban J connectivity index is 1.66. The second-order valence-corrected chi connectivity index (χ2v) is 8.57. The molecule has 2 N–H and O–H groups in total. The summed E-state index contributed by atoms with van der Waals surface area (Å²) in [7, 11) is 8.19. The van der Waals surface area contributed by atoms with E-state index in [-0.39, 0.29) is 0 Å². The van der Waals surface area contributed by atoms with Crippen molar-refractivity contribution in [2.24, 2.45) is 4.99 Å². The second-order valence-electron chi connectivity index (χ2n) is 8.57. The Morgan fingerprint density at radius 3 is 1.97 bits per heavy atom. The minimum absolute atomic E-state index is 0.475. The van der Waals surface area contributed by atoms with E-state index in [2.05, 4.69) is 49.7 Å². The summed E-state index contributed by atoms with van der Waals surface area (Å²) < 4.78 is 11.7. The Morgan fingerprint density at radius 1 is 0.882 bits per heavy atom. The number of hydrogen-bond acceptors (Lipinski definition) is 6. The fraction of sp³-hybridized carbons (Fsp3) is 0.462. The predicted octanol–water partition coefficient (Wildman–Crippen LogP) is 3.06. The van der Waals surface area contributed by atoms with Crippen LogP contribution in [0.15, 0.2) is 53.5 Å². The van der Waals surface area contributed by atoms with Crippen LogP contribution < -0.4 is 20.1 Å². The van der Waals surface area contributed by atoms with E-state index in [1.165, 1.54) is 11.1 Å². The van der Waals surface area contributed by atoms with Crippen molar-refractivity contribution < 1.29 is 9.47 Å². The first-order chi connectivity index (χ1) is 16.5. The quantitative estimate of drug-likeness (QED) is 0.146. The van der Waals surface area contributed by atoms with Crippen LogP contribution in [0.2, 0.25) is 0 Å². The lowest BCUT2D eigenvalue weighted by atomic mass is 10.2. The molecule has 2 aromatic rings. The van der Waals surface area contributed by atoms with Crippen LogP contribution >= 0.6 is 0 Å². The number of rotatable bonds is 14. The Hall–Kier alpha value is -3.28. The lowest BCUT2D eigenvalue weighted by Crippen LogP contribution is -2.35. The van der Waals surface area contributed by atoms with Gasteiger partial charge in [-0.05, 0) is 70.0 Å². The van der Waals surface area contributed by atoms with Gasteiger partial charge in [-0.2, -0.15) is 5.26 Å². The monoisotopic (exact) mass is 466 g/mol. The molecule has 8 nitrogen and oxygen atoms in total. The molecule has 0 heterocycles. The molecule has 0 atom stereocenters. The Labute approximate surface area is 204 Å². The molecule has 0 fully saturated rings. The zero-order chi connectivity index (χ0) is 24.6. The van der Waals surface area contributed by atoms with Gasteiger partial charge >= 0.3 is 0 Å². The molecule has 34 heavy (non-hydrogen) atoms. The molecule has 0 aliphatic rings. The Kier molecular flexibility index (Phi) is 12.3. The molecule has 0 saturated heterocycles. The maximum Gasteiger partial charge on any atom is 0.204 e. The summed E-state index contributed by atoms with van der Waals surface area (Å²) in [6.07, 6.45) is 3.47. The highest BCUT2D eigenvalue weighted by atomic mass is 16.5. The van der Waals surface area contributed by atoms with Gasteiger partial charge in [-0.1, -0.05) is 24.3 Å². The van der Waals surface area contributed by atoms with Crippen LogP contribution in [-0.2, 0) is 13.1 Å². The average Bonchev–Trinajstić information content (AvgIpc) is 2.78. The third-order valence-electron chi connectivity index (χ3n) is 4.69. The molecule has 0 bridgehead atoms. The van der Waals surface area contributed by atoms with Gasteiger partial charge in [0.1, 0.15) is 11.5 Å². The summed E-state index contributed by atoms with van der Waals surface area (Å²) in [6, 6.07) is 16.3. The molecule has 0 radical (unpaired) electrons. The zero-order valence-electron chi connectivity index (χ0n) is 20.9. The molecule has 2 aromatic carbocycles. The van der Waals surface area contributed by atoms with Crippen LogP contribution in [0.1, 0.15) is 24.0 Å².